The first-order chi connectivity index (χ1) is 8.43. The zero-order valence-corrected chi connectivity index (χ0v) is 9.13. The third-order valence-electron chi connectivity index (χ3n) is 2.62. The predicted molar refractivity (Wildman–Crippen MR) is 65.6 cm³/mol. The number of rotatable bonds is 3. The minimum Gasteiger partial charge on any atom is -0.447 e. The molecular weight excluding hydrogens is 214 g/mol. The van der Waals surface area contributed by atoms with E-state index >= 15 is 0 Å². The summed E-state index contributed by atoms with van der Waals surface area (Å²) in [5, 5.41) is 5.59. The normalized spacial score (nSPS) is 10.6. The van der Waals surface area contributed by atoms with E-state index in [0.717, 1.165) is 16.8 Å². The summed E-state index contributed by atoms with van der Waals surface area (Å²) in [6, 6.07) is 8.11. The largest absolute Gasteiger partial charge is 0.447 e. The number of hydrogen-bond donors (Lipinski definition) is 1. The van der Waals surface area contributed by atoms with Crippen molar-refractivity contribution in [1.29, 1.82) is 0 Å². The first-order valence-corrected chi connectivity index (χ1v) is 5.37. The van der Waals surface area contributed by atoms with Crippen LogP contribution in [0.3, 0.4) is 0 Å². The maximum Gasteiger partial charge on any atom is 0.180 e. The molecule has 0 unspecified atom stereocenters. The lowest BCUT2D eigenvalue weighted by atomic mass is 10.1. The van der Waals surface area contributed by atoms with Gasteiger partial charge in [-0.3, -0.25) is 4.98 Å². The molecule has 2 heterocycles. The second kappa shape index (κ2) is 4.25. The second-order valence-electron chi connectivity index (χ2n) is 3.72. The molecule has 0 saturated heterocycles. The van der Waals surface area contributed by atoms with Crippen molar-refractivity contribution in [2.75, 3.05) is 5.32 Å². The average Bonchev–Trinajstić information content (AvgIpc) is 2.89. The van der Waals surface area contributed by atoms with Crippen LogP contribution in [0.1, 0.15) is 5.76 Å². The number of benzene rings is 1. The Bertz CT molecular complexity index is 614. The molecular formula is C13H11N3O. The van der Waals surface area contributed by atoms with Crippen LogP contribution < -0.4 is 5.32 Å². The molecule has 3 rings (SSSR count). The number of fused-ring (bicyclic) bond motifs is 1. The summed E-state index contributed by atoms with van der Waals surface area (Å²) in [6.07, 6.45) is 6.79. The van der Waals surface area contributed by atoms with Crippen LogP contribution in [0.5, 0.6) is 0 Å². The SMILES string of the molecule is c1cc(NCc2cnco2)c2cnccc2c1. The van der Waals surface area contributed by atoms with Crippen molar-refractivity contribution >= 4 is 16.5 Å². The highest BCUT2D eigenvalue weighted by Crippen LogP contribution is 2.22. The van der Waals surface area contributed by atoms with Gasteiger partial charge in [-0.05, 0) is 17.5 Å². The van der Waals surface area contributed by atoms with Crippen molar-refractivity contribution in [3.63, 3.8) is 0 Å². The number of oxazole rings is 1. The number of aromatic nitrogens is 2. The van der Waals surface area contributed by atoms with E-state index in [-0.39, 0.29) is 0 Å². The molecule has 0 spiro atoms. The molecule has 0 aliphatic rings. The van der Waals surface area contributed by atoms with Gasteiger partial charge in [-0.25, -0.2) is 4.98 Å². The number of anilines is 1. The Morgan fingerprint density at radius 1 is 1.12 bits per heavy atom. The fourth-order valence-electron chi connectivity index (χ4n) is 1.78. The molecule has 4 heteroatoms. The summed E-state index contributed by atoms with van der Waals surface area (Å²) in [5.74, 6) is 0.811. The molecule has 0 atom stereocenters. The van der Waals surface area contributed by atoms with E-state index in [1.54, 1.807) is 12.4 Å². The summed E-state index contributed by atoms with van der Waals surface area (Å²) in [5.41, 5.74) is 1.05. The van der Waals surface area contributed by atoms with Crippen LogP contribution >= 0.6 is 0 Å². The Morgan fingerprint density at radius 3 is 3.00 bits per heavy atom. The monoisotopic (exact) mass is 225 g/mol. The van der Waals surface area contributed by atoms with Crippen molar-refractivity contribution < 1.29 is 4.42 Å². The number of nitrogens with one attached hydrogen (secondary N) is 1. The highest BCUT2D eigenvalue weighted by molar-refractivity contribution is 5.92. The molecule has 2 aromatic heterocycles. The number of hydrogen-bond acceptors (Lipinski definition) is 4. The highest BCUT2D eigenvalue weighted by Gasteiger charge is 2.01. The van der Waals surface area contributed by atoms with Gasteiger partial charge in [-0.15, -0.1) is 0 Å². The Morgan fingerprint density at radius 2 is 2.12 bits per heavy atom. The van der Waals surface area contributed by atoms with Gasteiger partial charge in [0, 0.05) is 23.5 Å². The lowest BCUT2D eigenvalue weighted by Gasteiger charge is -2.07. The van der Waals surface area contributed by atoms with E-state index in [2.05, 4.69) is 21.4 Å². The average molecular weight is 225 g/mol. The highest BCUT2D eigenvalue weighted by atomic mass is 16.3. The first kappa shape index (κ1) is 9.84. The van der Waals surface area contributed by atoms with Gasteiger partial charge in [0.15, 0.2) is 6.39 Å². The van der Waals surface area contributed by atoms with Gasteiger partial charge < -0.3 is 9.73 Å². The van der Waals surface area contributed by atoms with E-state index in [0.29, 0.717) is 6.54 Å². The van der Waals surface area contributed by atoms with Gasteiger partial charge in [-0.2, -0.15) is 0 Å². The van der Waals surface area contributed by atoms with E-state index in [4.69, 9.17) is 4.42 Å². The maximum atomic E-state index is 5.18. The molecule has 3 aromatic rings. The van der Waals surface area contributed by atoms with E-state index in [9.17, 15) is 0 Å². The minimum atomic E-state index is 0.619. The molecule has 0 fully saturated rings. The fourth-order valence-corrected chi connectivity index (χ4v) is 1.78. The van der Waals surface area contributed by atoms with Crippen LogP contribution in [0, 0.1) is 0 Å². The van der Waals surface area contributed by atoms with Crippen LogP contribution in [-0.4, -0.2) is 9.97 Å². The third-order valence-corrected chi connectivity index (χ3v) is 2.62. The second-order valence-corrected chi connectivity index (χ2v) is 3.72. The zero-order valence-electron chi connectivity index (χ0n) is 9.13. The third kappa shape index (κ3) is 1.97. The topological polar surface area (TPSA) is 51.0 Å². The van der Waals surface area contributed by atoms with Crippen LogP contribution in [0.25, 0.3) is 10.8 Å². The molecule has 1 aromatic carbocycles. The summed E-state index contributed by atoms with van der Waals surface area (Å²) >= 11 is 0. The quantitative estimate of drug-likeness (QED) is 0.744. The van der Waals surface area contributed by atoms with Crippen molar-refractivity contribution in [2.24, 2.45) is 0 Å². The summed E-state index contributed by atoms with van der Waals surface area (Å²) in [7, 11) is 0. The van der Waals surface area contributed by atoms with Crippen LogP contribution in [0.15, 0.2) is 53.7 Å². The zero-order chi connectivity index (χ0) is 11.5. The Hall–Kier alpha value is -2.36. The molecule has 0 bridgehead atoms. The van der Waals surface area contributed by atoms with Gasteiger partial charge >= 0.3 is 0 Å². The van der Waals surface area contributed by atoms with Gasteiger partial charge in [-0.1, -0.05) is 12.1 Å². The Balaban J connectivity index is 1.90. The summed E-state index contributed by atoms with van der Waals surface area (Å²) in [4.78, 5) is 8.02. The lowest BCUT2D eigenvalue weighted by Crippen LogP contribution is -1.98. The molecule has 0 amide bonds. The van der Waals surface area contributed by atoms with Gasteiger partial charge in [0.2, 0.25) is 0 Å². The van der Waals surface area contributed by atoms with Crippen molar-refractivity contribution in [1.82, 2.24) is 9.97 Å². The molecule has 0 aliphatic heterocycles. The molecule has 0 aliphatic carbocycles. The molecule has 4 nitrogen and oxygen atoms in total. The smallest absolute Gasteiger partial charge is 0.180 e. The number of pyridine rings is 1. The summed E-state index contributed by atoms with van der Waals surface area (Å²) < 4.78 is 5.18. The predicted octanol–water partition coefficient (Wildman–Crippen LogP) is 2.83. The lowest BCUT2D eigenvalue weighted by molar-refractivity contribution is 0.512. The van der Waals surface area contributed by atoms with Gasteiger partial charge in [0.05, 0.1) is 12.7 Å². The summed E-state index contributed by atoms with van der Waals surface area (Å²) in [6.45, 7) is 0.619. The Labute approximate surface area is 98.3 Å². The van der Waals surface area contributed by atoms with Crippen LogP contribution in [0.2, 0.25) is 0 Å². The molecule has 17 heavy (non-hydrogen) atoms. The standard InChI is InChI=1S/C13H11N3O/c1-2-10-4-5-14-8-12(10)13(3-1)16-7-11-6-15-9-17-11/h1-6,8-9,16H,7H2. The molecule has 1 N–H and O–H groups in total. The fraction of sp³-hybridized carbons (Fsp3) is 0.0769. The van der Waals surface area contributed by atoms with Crippen molar-refractivity contribution in [3.05, 3.63) is 55.0 Å². The molecule has 84 valence electrons. The minimum absolute atomic E-state index is 0.619. The van der Waals surface area contributed by atoms with Crippen LogP contribution in [-0.2, 0) is 6.54 Å². The van der Waals surface area contributed by atoms with E-state index < -0.39 is 0 Å². The van der Waals surface area contributed by atoms with Gasteiger partial charge in [0.1, 0.15) is 5.76 Å². The maximum absolute atomic E-state index is 5.18. The van der Waals surface area contributed by atoms with Crippen molar-refractivity contribution in [3.8, 4) is 0 Å². The number of nitrogens with zero attached hydrogens (tertiary/aromatic N) is 2. The molecule has 0 saturated carbocycles. The Kier molecular flexibility index (Phi) is 2.46. The van der Waals surface area contributed by atoms with Gasteiger partial charge in [0.25, 0.3) is 0 Å². The van der Waals surface area contributed by atoms with E-state index in [1.807, 2.05) is 24.4 Å². The van der Waals surface area contributed by atoms with Crippen LogP contribution in [0.4, 0.5) is 5.69 Å². The molecule has 0 radical (unpaired) electrons. The van der Waals surface area contributed by atoms with Crippen molar-refractivity contribution in [2.45, 2.75) is 6.54 Å². The first-order valence-electron chi connectivity index (χ1n) is 5.37. The van der Waals surface area contributed by atoms with E-state index in [1.165, 1.54) is 11.8 Å².